The SMILES string of the molecule is COc1cc(C2=C(O[C@H]3OC[C@H](O)[C@H](O)[C@H]3O)C=C3C(O)=CC(O)=CC3O2)cc(O)c1O. The van der Waals surface area contributed by atoms with Gasteiger partial charge in [-0.2, -0.15) is 0 Å². The number of allylic oxidation sites excluding steroid dienone is 2. The van der Waals surface area contributed by atoms with Crippen LogP contribution >= 0.6 is 0 Å². The lowest BCUT2D eigenvalue weighted by molar-refractivity contribution is -0.257. The van der Waals surface area contributed by atoms with E-state index >= 15 is 0 Å². The van der Waals surface area contributed by atoms with Crippen molar-refractivity contribution in [1.82, 2.24) is 0 Å². The van der Waals surface area contributed by atoms with Crippen molar-refractivity contribution in [3.05, 3.63) is 58.8 Å². The van der Waals surface area contributed by atoms with Crippen molar-refractivity contribution in [1.29, 1.82) is 0 Å². The molecule has 2 heterocycles. The molecule has 2 aliphatic heterocycles. The molecule has 7 N–H and O–H groups in total. The summed E-state index contributed by atoms with van der Waals surface area (Å²) >= 11 is 0. The van der Waals surface area contributed by atoms with E-state index in [4.69, 9.17) is 18.9 Å². The number of aliphatic hydroxyl groups is 5. The maximum absolute atomic E-state index is 10.2. The van der Waals surface area contributed by atoms with Crippen molar-refractivity contribution < 1.29 is 54.7 Å². The van der Waals surface area contributed by atoms with Crippen LogP contribution in [-0.4, -0.2) is 80.2 Å². The number of phenols is 2. The first-order valence-electron chi connectivity index (χ1n) is 9.56. The van der Waals surface area contributed by atoms with Crippen molar-refractivity contribution in [3.8, 4) is 17.2 Å². The van der Waals surface area contributed by atoms with Gasteiger partial charge < -0.3 is 54.7 Å². The quantitative estimate of drug-likeness (QED) is 0.317. The van der Waals surface area contributed by atoms with Crippen molar-refractivity contribution in [2.75, 3.05) is 13.7 Å². The van der Waals surface area contributed by atoms with Gasteiger partial charge in [-0.15, -0.1) is 0 Å². The molecule has 11 nitrogen and oxygen atoms in total. The third-order valence-electron chi connectivity index (χ3n) is 5.20. The number of benzene rings is 1. The van der Waals surface area contributed by atoms with E-state index in [2.05, 4.69) is 0 Å². The average molecular weight is 450 g/mol. The second-order valence-electron chi connectivity index (χ2n) is 7.37. The number of hydrogen-bond donors (Lipinski definition) is 7. The number of aliphatic hydroxyl groups excluding tert-OH is 5. The maximum atomic E-state index is 10.2. The standard InChI is InChI=1S/C21H22O11/c1-29-15-3-8(2-12(24)17(15)26)20-16(32-21-19(28)18(27)13(25)7-30-21)6-10-11(23)4-9(22)5-14(10)31-20/h2-6,13-14,18-19,21-28H,7H2,1H3/t13-,14?,18-,19+,21+/m0/s1. The van der Waals surface area contributed by atoms with Crippen LogP contribution in [0.25, 0.3) is 5.76 Å². The minimum absolute atomic E-state index is 0.0116. The fourth-order valence-corrected chi connectivity index (χ4v) is 3.49. The zero-order valence-electron chi connectivity index (χ0n) is 16.7. The Hall–Kier alpha value is -3.38. The topological polar surface area (TPSA) is 179 Å². The van der Waals surface area contributed by atoms with Crippen LogP contribution in [0.5, 0.6) is 17.2 Å². The minimum atomic E-state index is -1.61. The Labute approximate surface area is 181 Å². The van der Waals surface area contributed by atoms with Crippen molar-refractivity contribution >= 4 is 5.76 Å². The largest absolute Gasteiger partial charge is 0.508 e. The molecule has 0 saturated carbocycles. The van der Waals surface area contributed by atoms with E-state index in [1.807, 2.05) is 0 Å². The number of rotatable bonds is 4. The highest BCUT2D eigenvalue weighted by molar-refractivity contribution is 5.72. The van der Waals surface area contributed by atoms with E-state index < -0.39 is 42.2 Å². The van der Waals surface area contributed by atoms with Crippen molar-refractivity contribution in [2.24, 2.45) is 0 Å². The van der Waals surface area contributed by atoms with Crippen LogP contribution in [0.2, 0.25) is 0 Å². The zero-order chi connectivity index (χ0) is 23.2. The molecular formula is C21H22O11. The summed E-state index contributed by atoms with van der Waals surface area (Å²) in [5.41, 5.74) is 0.415. The Balaban J connectivity index is 1.80. The lowest BCUT2D eigenvalue weighted by Gasteiger charge is -2.36. The first-order chi connectivity index (χ1) is 15.2. The monoisotopic (exact) mass is 450 g/mol. The van der Waals surface area contributed by atoms with E-state index in [1.165, 1.54) is 31.4 Å². The van der Waals surface area contributed by atoms with Crippen LogP contribution in [0.1, 0.15) is 5.56 Å². The Morgan fingerprint density at radius 1 is 1.00 bits per heavy atom. The van der Waals surface area contributed by atoms with Gasteiger partial charge in [-0.1, -0.05) is 0 Å². The summed E-state index contributed by atoms with van der Waals surface area (Å²) in [5, 5.41) is 69.9. The van der Waals surface area contributed by atoms with Crippen LogP contribution in [0.3, 0.4) is 0 Å². The van der Waals surface area contributed by atoms with Crippen LogP contribution in [0.15, 0.2) is 53.2 Å². The zero-order valence-corrected chi connectivity index (χ0v) is 16.7. The number of phenolic OH excluding ortho intramolecular Hbond substituents is 2. The predicted molar refractivity (Wildman–Crippen MR) is 106 cm³/mol. The van der Waals surface area contributed by atoms with Gasteiger partial charge in [0.25, 0.3) is 0 Å². The molecule has 3 aliphatic rings. The van der Waals surface area contributed by atoms with Gasteiger partial charge in [0.05, 0.1) is 13.7 Å². The molecule has 1 aromatic carbocycles. The molecule has 4 rings (SSSR count). The van der Waals surface area contributed by atoms with Crippen molar-refractivity contribution in [2.45, 2.75) is 30.7 Å². The van der Waals surface area contributed by atoms with E-state index in [0.29, 0.717) is 0 Å². The van der Waals surface area contributed by atoms with Gasteiger partial charge in [-0.05, 0) is 18.2 Å². The fourth-order valence-electron chi connectivity index (χ4n) is 3.49. The molecule has 0 aromatic heterocycles. The van der Waals surface area contributed by atoms with Gasteiger partial charge in [-0.25, -0.2) is 0 Å². The summed E-state index contributed by atoms with van der Waals surface area (Å²) in [5.74, 6) is -1.67. The molecule has 0 spiro atoms. The highest BCUT2D eigenvalue weighted by Gasteiger charge is 2.40. The number of aromatic hydroxyl groups is 2. The van der Waals surface area contributed by atoms with Crippen LogP contribution in [0.4, 0.5) is 0 Å². The summed E-state index contributed by atoms with van der Waals surface area (Å²) in [4.78, 5) is 0. The van der Waals surface area contributed by atoms with Crippen LogP contribution in [-0.2, 0) is 14.2 Å². The Bertz CT molecular complexity index is 1040. The summed E-state index contributed by atoms with van der Waals surface area (Å²) in [6, 6.07) is 2.53. The average Bonchev–Trinajstić information content (AvgIpc) is 2.75. The van der Waals surface area contributed by atoms with E-state index in [0.717, 1.165) is 6.08 Å². The molecule has 1 aliphatic carbocycles. The lowest BCUT2D eigenvalue weighted by atomic mass is 9.97. The predicted octanol–water partition coefficient (Wildman–Crippen LogP) is 0.453. The normalized spacial score (nSPS) is 29.9. The second-order valence-corrected chi connectivity index (χ2v) is 7.37. The molecule has 1 saturated heterocycles. The highest BCUT2D eigenvalue weighted by Crippen LogP contribution is 2.42. The molecular weight excluding hydrogens is 428 g/mol. The number of ether oxygens (including phenoxy) is 4. The van der Waals surface area contributed by atoms with E-state index in [-0.39, 0.29) is 46.5 Å². The molecule has 172 valence electrons. The summed E-state index contributed by atoms with van der Waals surface area (Å²) < 4.78 is 22.0. The number of methoxy groups -OCH3 is 1. The van der Waals surface area contributed by atoms with E-state index in [1.54, 1.807) is 0 Å². The molecule has 1 aromatic rings. The van der Waals surface area contributed by atoms with E-state index in [9.17, 15) is 35.7 Å². The fraction of sp³-hybridized carbons (Fsp3) is 0.333. The van der Waals surface area contributed by atoms with Gasteiger partial charge in [0.15, 0.2) is 23.0 Å². The first kappa shape index (κ1) is 21.8. The van der Waals surface area contributed by atoms with Gasteiger partial charge in [0.2, 0.25) is 12.0 Å². The third-order valence-corrected chi connectivity index (χ3v) is 5.20. The molecule has 32 heavy (non-hydrogen) atoms. The first-order valence-corrected chi connectivity index (χ1v) is 9.56. The smallest absolute Gasteiger partial charge is 0.229 e. The van der Waals surface area contributed by atoms with Crippen LogP contribution < -0.4 is 4.74 Å². The van der Waals surface area contributed by atoms with Crippen LogP contribution in [0, 0.1) is 0 Å². The Morgan fingerprint density at radius 2 is 1.75 bits per heavy atom. The molecule has 11 heteroatoms. The number of fused-ring (bicyclic) bond motifs is 1. The van der Waals surface area contributed by atoms with Gasteiger partial charge >= 0.3 is 0 Å². The van der Waals surface area contributed by atoms with Crippen molar-refractivity contribution in [3.63, 3.8) is 0 Å². The summed E-state index contributed by atoms with van der Waals surface area (Å²) in [6.07, 6.45) is -2.95. The molecule has 1 unspecified atom stereocenters. The Morgan fingerprint density at radius 3 is 2.47 bits per heavy atom. The van der Waals surface area contributed by atoms with Gasteiger partial charge in [-0.3, -0.25) is 0 Å². The summed E-state index contributed by atoms with van der Waals surface area (Å²) in [6.45, 7) is -0.304. The number of hydrogen-bond acceptors (Lipinski definition) is 11. The van der Waals surface area contributed by atoms with Gasteiger partial charge in [0.1, 0.15) is 35.9 Å². The van der Waals surface area contributed by atoms with Gasteiger partial charge in [0, 0.05) is 23.3 Å². The second kappa shape index (κ2) is 8.28. The third kappa shape index (κ3) is 3.82. The highest BCUT2D eigenvalue weighted by atomic mass is 16.7. The summed E-state index contributed by atoms with van der Waals surface area (Å²) in [7, 11) is 1.29. The Kier molecular flexibility index (Phi) is 5.65. The maximum Gasteiger partial charge on any atom is 0.229 e. The molecule has 0 radical (unpaired) electrons. The molecule has 0 amide bonds. The molecule has 0 bridgehead atoms. The molecule has 5 atom stereocenters. The lowest BCUT2D eigenvalue weighted by Crippen LogP contribution is -2.53. The molecule has 1 fully saturated rings. The minimum Gasteiger partial charge on any atom is -0.508 e.